The lowest BCUT2D eigenvalue weighted by Gasteiger charge is -2.23. The van der Waals surface area contributed by atoms with Crippen LogP contribution in [-0.2, 0) is 20.9 Å². The number of nitrogens with one attached hydrogen (secondary N) is 1. The van der Waals surface area contributed by atoms with Crippen LogP contribution in [-0.4, -0.2) is 61.6 Å². The molecule has 0 radical (unpaired) electrons. The molecule has 0 atom stereocenters. The van der Waals surface area contributed by atoms with Gasteiger partial charge in [-0.3, -0.25) is 9.59 Å². The molecule has 0 spiro atoms. The number of aryl methyl sites for hydroxylation is 1. The van der Waals surface area contributed by atoms with E-state index in [9.17, 15) is 9.59 Å². The molecule has 126 valence electrons. The van der Waals surface area contributed by atoms with E-state index in [0.29, 0.717) is 26.2 Å². The summed E-state index contributed by atoms with van der Waals surface area (Å²) in [5.74, 6) is 0.629. The Morgan fingerprint density at radius 3 is 2.83 bits per heavy atom. The van der Waals surface area contributed by atoms with Gasteiger partial charge in [0.2, 0.25) is 11.8 Å². The number of hydrogen-bond donors (Lipinski definition) is 1. The molecule has 0 unspecified atom stereocenters. The summed E-state index contributed by atoms with van der Waals surface area (Å²) in [6.07, 6.45) is 0. The number of hydrogen-bond acceptors (Lipinski definition) is 5. The van der Waals surface area contributed by atoms with E-state index in [1.807, 2.05) is 19.1 Å². The second-order valence-corrected chi connectivity index (χ2v) is 5.64. The fourth-order valence-electron chi connectivity index (χ4n) is 2.55. The van der Waals surface area contributed by atoms with Gasteiger partial charge in [0.1, 0.15) is 5.82 Å². The van der Waals surface area contributed by atoms with Crippen LogP contribution in [0.1, 0.15) is 18.2 Å². The van der Waals surface area contributed by atoms with Crippen LogP contribution in [0.5, 0.6) is 0 Å². The van der Waals surface area contributed by atoms with Crippen molar-refractivity contribution in [3.63, 3.8) is 0 Å². The monoisotopic (exact) mass is 320 g/mol. The highest BCUT2D eigenvalue weighted by molar-refractivity contribution is 5.83. The summed E-state index contributed by atoms with van der Waals surface area (Å²) >= 11 is 0. The Morgan fingerprint density at radius 1 is 1.35 bits per heavy atom. The molecule has 2 rings (SSSR count). The molecule has 1 N–H and O–H groups in total. The highest BCUT2D eigenvalue weighted by Gasteiger charge is 2.23. The molecule has 0 bridgehead atoms. The summed E-state index contributed by atoms with van der Waals surface area (Å²) in [7, 11) is 1.67. The standard InChI is InChI=1S/C16H24N4O3/c1-12-4-5-14-11-20(15(22)10-17-13(2)21)7-6-19(8-9-23-3)16(14)18-12/h4-5H,6-11H2,1-3H3,(H,17,21). The summed E-state index contributed by atoms with van der Waals surface area (Å²) < 4.78 is 5.17. The predicted molar refractivity (Wildman–Crippen MR) is 87.2 cm³/mol. The number of amides is 2. The predicted octanol–water partition coefficient (Wildman–Crippen LogP) is 0.321. The van der Waals surface area contributed by atoms with Crippen molar-refractivity contribution in [1.29, 1.82) is 0 Å². The third-order valence-corrected chi connectivity index (χ3v) is 3.80. The van der Waals surface area contributed by atoms with Crippen LogP contribution in [0.25, 0.3) is 0 Å². The smallest absolute Gasteiger partial charge is 0.242 e. The molecule has 1 aliphatic heterocycles. The number of ether oxygens (including phenoxy) is 1. The van der Waals surface area contributed by atoms with E-state index in [0.717, 1.165) is 23.6 Å². The lowest BCUT2D eigenvalue weighted by Crippen LogP contribution is -2.41. The zero-order chi connectivity index (χ0) is 16.8. The Balaban J connectivity index is 2.16. The van der Waals surface area contributed by atoms with E-state index in [1.165, 1.54) is 6.92 Å². The number of aromatic nitrogens is 1. The van der Waals surface area contributed by atoms with E-state index in [-0.39, 0.29) is 18.4 Å². The zero-order valence-corrected chi connectivity index (χ0v) is 14.0. The number of carbonyl (C=O) groups is 2. The first kappa shape index (κ1) is 17.2. The highest BCUT2D eigenvalue weighted by Crippen LogP contribution is 2.23. The molecular formula is C16H24N4O3. The van der Waals surface area contributed by atoms with E-state index in [4.69, 9.17) is 4.74 Å². The number of nitrogens with zero attached hydrogens (tertiary/aromatic N) is 3. The second-order valence-electron chi connectivity index (χ2n) is 5.64. The summed E-state index contributed by atoms with van der Waals surface area (Å²) in [5, 5.41) is 2.56. The molecule has 7 nitrogen and oxygen atoms in total. The third kappa shape index (κ3) is 4.66. The van der Waals surface area contributed by atoms with Gasteiger partial charge < -0.3 is 19.9 Å². The van der Waals surface area contributed by atoms with Crippen LogP contribution in [0.2, 0.25) is 0 Å². The summed E-state index contributed by atoms with van der Waals surface area (Å²) in [6, 6.07) is 3.97. The quantitative estimate of drug-likeness (QED) is 0.846. The van der Waals surface area contributed by atoms with Crippen LogP contribution >= 0.6 is 0 Å². The van der Waals surface area contributed by atoms with Crippen LogP contribution in [0.15, 0.2) is 12.1 Å². The average Bonchev–Trinajstić information content (AvgIpc) is 2.70. The number of carbonyl (C=O) groups excluding carboxylic acids is 2. The van der Waals surface area contributed by atoms with E-state index < -0.39 is 0 Å². The van der Waals surface area contributed by atoms with Gasteiger partial charge in [0, 0.05) is 51.5 Å². The van der Waals surface area contributed by atoms with Crippen molar-refractivity contribution in [3.8, 4) is 0 Å². The van der Waals surface area contributed by atoms with Crippen molar-refractivity contribution in [2.75, 3.05) is 44.8 Å². The maximum Gasteiger partial charge on any atom is 0.242 e. The first-order chi connectivity index (χ1) is 11.0. The van der Waals surface area contributed by atoms with Gasteiger partial charge in [-0.2, -0.15) is 0 Å². The van der Waals surface area contributed by atoms with Crippen molar-refractivity contribution in [2.45, 2.75) is 20.4 Å². The number of rotatable bonds is 5. The van der Waals surface area contributed by atoms with Gasteiger partial charge in [0.15, 0.2) is 0 Å². The van der Waals surface area contributed by atoms with Gasteiger partial charge in [-0.1, -0.05) is 6.07 Å². The Morgan fingerprint density at radius 2 is 2.13 bits per heavy atom. The van der Waals surface area contributed by atoms with Crippen LogP contribution in [0.3, 0.4) is 0 Å². The zero-order valence-electron chi connectivity index (χ0n) is 14.0. The molecule has 0 saturated heterocycles. The van der Waals surface area contributed by atoms with Gasteiger partial charge >= 0.3 is 0 Å². The molecule has 2 heterocycles. The molecule has 1 aliphatic rings. The maximum absolute atomic E-state index is 12.3. The van der Waals surface area contributed by atoms with Crippen LogP contribution in [0, 0.1) is 6.92 Å². The summed E-state index contributed by atoms with van der Waals surface area (Å²) in [6.45, 7) is 6.52. The second kappa shape index (κ2) is 7.92. The molecule has 23 heavy (non-hydrogen) atoms. The van der Waals surface area contributed by atoms with E-state index >= 15 is 0 Å². The summed E-state index contributed by atoms with van der Waals surface area (Å²) in [5.41, 5.74) is 1.96. The SMILES string of the molecule is COCCN1CCN(C(=O)CNC(C)=O)Cc2ccc(C)nc21. The van der Waals surface area contributed by atoms with Crippen molar-refractivity contribution >= 4 is 17.6 Å². The minimum absolute atomic E-state index is 0.0298. The van der Waals surface area contributed by atoms with Crippen LogP contribution in [0.4, 0.5) is 5.82 Å². The Bertz CT molecular complexity index is 576. The first-order valence-corrected chi connectivity index (χ1v) is 7.74. The first-order valence-electron chi connectivity index (χ1n) is 7.74. The normalized spacial score (nSPS) is 14.2. The van der Waals surface area contributed by atoms with Gasteiger partial charge in [-0.15, -0.1) is 0 Å². The Hall–Kier alpha value is -2.15. The number of pyridine rings is 1. The number of fused-ring (bicyclic) bond motifs is 1. The fraction of sp³-hybridized carbons (Fsp3) is 0.562. The van der Waals surface area contributed by atoms with Crippen LogP contribution < -0.4 is 10.2 Å². The summed E-state index contributed by atoms with van der Waals surface area (Å²) in [4.78, 5) is 31.8. The number of anilines is 1. The fourth-order valence-corrected chi connectivity index (χ4v) is 2.55. The van der Waals surface area contributed by atoms with Crippen molar-refractivity contribution in [1.82, 2.24) is 15.2 Å². The Kier molecular flexibility index (Phi) is 5.92. The average molecular weight is 320 g/mol. The minimum Gasteiger partial charge on any atom is -0.383 e. The van der Waals surface area contributed by atoms with Crippen molar-refractivity contribution in [3.05, 3.63) is 23.4 Å². The van der Waals surface area contributed by atoms with Gasteiger partial charge in [-0.25, -0.2) is 4.98 Å². The molecule has 1 aromatic heterocycles. The van der Waals surface area contributed by atoms with Gasteiger partial charge in [0.05, 0.1) is 13.2 Å². The van der Waals surface area contributed by atoms with Crippen molar-refractivity contribution < 1.29 is 14.3 Å². The van der Waals surface area contributed by atoms with E-state index in [2.05, 4.69) is 15.2 Å². The largest absolute Gasteiger partial charge is 0.383 e. The lowest BCUT2D eigenvalue weighted by molar-refractivity contribution is -0.132. The maximum atomic E-state index is 12.3. The van der Waals surface area contributed by atoms with Crippen molar-refractivity contribution in [2.24, 2.45) is 0 Å². The van der Waals surface area contributed by atoms with E-state index in [1.54, 1.807) is 12.0 Å². The molecule has 0 aromatic carbocycles. The lowest BCUT2D eigenvalue weighted by atomic mass is 10.2. The highest BCUT2D eigenvalue weighted by atomic mass is 16.5. The molecular weight excluding hydrogens is 296 g/mol. The molecule has 0 aliphatic carbocycles. The third-order valence-electron chi connectivity index (χ3n) is 3.80. The number of methoxy groups -OCH3 is 1. The molecule has 2 amide bonds. The molecule has 0 saturated carbocycles. The molecule has 0 fully saturated rings. The Labute approximate surface area is 136 Å². The molecule has 1 aromatic rings. The van der Waals surface area contributed by atoms with Gasteiger partial charge in [0.25, 0.3) is 0 Å². The van der Waals surface area contributed by atoms with Gasteiger partial charge in [-0.05, 0) is 13.0 Å². The topological polar surface area (TPSA) is 74.8 Å². The molecule has 7 heteroatoms. The minimum atomic E-state index is -0.201.